The van der Waals surface area contributed by atoms with E-state index in [1.165, 1.54) is 24.3 Å². The highest BCUT2D eigenvalue weighted by Crippen LogP contribution is 2.32. The van der Waals surface area contributed by atoms with Gasteiger partial charge in [-0.15, -0.1) is 0 Å². The summed E-state index contributed by atoms with van der Waals surface area (Å²) in [7, 11) is 1.54. The van der Waals surface area contributed by atoms with Gasteiger partial charge in [-0.1, -0.05) is 12.1 Å². The van der Waals surface area contributed by atoms with E-state index in [1.54, 1.807) is 31.4 Å². The number of amides is 2. The number of alkyl halides is 3. The Balaban J connectivity index is 1.53. The van der Waals surface area contributed by atoms with Crippen LogP contribution in [0.5, 0.6) is 5.75 Å². The second kappa shape index (κ2) is 9.24. The molecule has 0 saturated heterocycles. The van der Waals surface area contributed by atoms with Crippen molar-refractivity contribution < 1.29 is 31.9 Å². The van der Waals surface area contributed by atoms with E-state index in [0.29, 0.717) is 11.4 Å². The second-order valence-electron chi connectivity index (χ2n) is 6.33. The first-order valence-corrected chi connectivity index (χ1v) is 9.01. The number of carbonyl (C=O) groups excluding carboxylic acids is 2. The summed E-state index contributed by atoms with van der Waals surface area (Å²) in [5.41, 5.74) is 4.42. The molecule has 7 nitrogen and oxygen atoms in total. The van der Waals surface area contributed by atoms with Gasteiger partial charge in [-0.05, 0) is 48.5 Å². The number of halogens is 3. The quantitative estimate of drug-likeness (QED) is 0.514. The lowest BCUT2D eigenvalue weighted by atomic mass is 10.1. The molecule has 0 unspecified atom stereocenters. The number of hydrogen-bond acceptors (Lipinski definition) is 5. The van der Waals surface area contributed by atoms with Crippen LogP contribution in [-0.2, 0) is 11.0 Å². The molecule has 3 rings (SSSR count). The Morgan fingerprint density at radius 1 is 1.00 bits per heavy atom. The van der Waals surface area contributed by atoms with Crippen molar-refractivity contribution in [2.24, 2.45) is 0 Å². The molecule has 0 aliphatic heterocycles. The molecule has 0 bridgehead atoms. The largest absolute Gasteiger partial charge is 0.497 e. The van der Waals surface area contributed by atoms with Gasteiger partial charge in [0.05, 0.1) is 19.2 Å². The average molecular weight is 433 g/mol. The molecule has 0 saturated carbocycles. The molecular weight excluding hydrogens is 415 g/mol. The smallest absolute Gasteiger partial charge is 0.416 e. The zero-order chi connectivity index (χ0) is 22.4. The fraction of sp³-hybridized carbons (Fsp3) is 0.143. The van der Waals surface area contributed by atoms with Crippen LogP contribution in [0, 0.1) is 0 Å². The molecule has 1 aromatic heterocycles. The van der Waals surface area contributed by atoms with Crippen LogP contribution in [-0.4, -0.2) is 25.5 Å². The predicted octanol–water partition coefficient (Wildman–Crippen LogP) is 3.85. The Bertz CT molecular complexity index is 1060. The van der Waals surface area contributed by atoms with Crippen LogP contribution in [0.15, 0.2) is 65.1 Å². The van der Waals surface area contributed by atoms with Gasteiger partial charge in [0.15, 0.2) is 5.76 Å². The molecule has 10 heteroatoms. The van der Waals surface area contributed by atoms with Crippen LogP contribution in [0.2, 0.25) is 0 Å². The summed E-state index contributed by atoms with van der Waals surface area (Å²) in [6, 6.07) is 14.1. The van der Waals surface area contributed by atoms with Crippen LogP contribution in [0.25, 0.3) is 11.3 Å². The van der Waals surface area contributed by atoms with Gasteiger partial charge in [-0.25, -0.2) is 0 Å². The number of hydrogen-bond donors (Lipinski definition) is 3. The monoisotopic (exact) mass is 433 g/mol. The van der Waals surface area contributed by atoms with E-state index < -0.39 is 23.6 Å². The van der Waals surface area contributed by atoms with Crippen molar-refractivity contribution in [1.29, 1.82) is 0 Å². The number of methoxy groups -OCH3 is 1. The lowest BCUT2D eigenvalue weighted by Crippen LogP contribution is -2.44. The zero-order valence-electron chi connectivity index (χ0n) is 16.2. The fourth-order valence-electron chi connectivity index (χ4n) is 2.59. The maximum Gasteiger partial charge on any atom is 0.416 e. The highest BCUT2D eigenvalue weighted by atomic mass is 19.4. The van der Waals surface area contributed by atoms with Crippen LogP contribution < -0.4 is 20.9 Å². The summed E-state index contributed by atoms with van der Waals surface area (Å²) in [6.45, 7) is -0.111. The van der Waals surface area contributed by atoms with Crippen molar-refractivity contribution in [3.63, 3.8) is 0 Å². The molecule has 0 atom stereocenters. The van der Waals surface area contributed by atoms with Crippen molar-refractivity contribution in [1.82, 2.24) is 10.9 Å². The fourth-order valence-corrected chi connectivity index (χ4v) is 2.59. The van der Waals surface area contributed by atoms with Gasteiger partial charge in [0.25, 0.3) is 5.91 Å². The maximum absolute atomic E-state index is 12.9. The van der Waals surface area contributed by atoms with E-state index in [2.05, 4.69) is 16.2 Å². The lowest BCUT2D eigenvalue weighted by molar-refractivity contribution is -0.137. The topological polar surface area (TPSA) is 92.6 Å². The molecule has 31 heavy (non-hydrogen) atoms. The first-order valence-electron chi connectivity index (χ1n) is 9.01. The molecule has 2 aromatic carbocycles. The Morgan fingerprint density at radius 2 is 1.74 bits per heavy atom. The third-order valence-electron chi connectivity index (χ3n) is 4.16. The second-order valence-corrected chi connectivity index (χ2v) is 6.33. The molecule has 0 fully saturated rings. The van der Waals surface area contributed by atoms with Crippen LogP contribution in [0.3, 0.4) is 0 Å². The number of furan rings is 1. The third-order valence-corrected chi connectivity index (χ3v) is 4.16. The standard InChI is InChI=1S/C21H18F3N3O4/c1-30-16-7-5-15(6-8-16)25-12-19(28)26-27-20(29)18-10-9-17(31-18)13-3-2-4-14(11-13)21(22,23)24/h2-11,25H,12H2,1H3,(H,26,28)(H,27,29). The Labute approximate surface area is 175 Å². The lowest BCUT2D eigenvalue weighted by Gasteiger charge is -2.09. The number of nitrogens with one attached hydrogen (secondary N) is 3. The molecule has 162 valence electrons. The minimum Gasteiger partial charge on any atom is -0.497 e. The molecular formula is C21H18F3N3O4. The average Bonchev–Trinajstić information content (AvgIpc) is 3.26. The molecule has 2 amide bonds. The van der Waals surface area contributed by atoms with Crippen molar-refractivity contribution in [2.45, 2.75) is 6.18 Å². The van der Waals surface area contributed by atoms with Crippen molar-refractivity contribution >= 4 is 17.5 Å². The number of rotatable bonds is 6. The van der Waals surface area contributed by atoms with Crippen LogP contribution in [0.1, 0.15) is 16.1 Å². The van der Waals surface area contributed by atoms with Crippen LogP contribution in [0.4, 0.5) is 18.9 Å². The van der Waals surface area contributed by atoms with Gasteiger partial charge in [0.1, 0.15) is 11.5 Å². The first-order chi connectivity index (χ1) is 14.8. The number of carbonyl (C=O) groups is 2. The third kappa shape index (κ3) is 5.78. The van der Waals surface area contributed by atoms with Gasteiger partial charge in [0.2, 0.25) is 0 Å². The molecule has 0 spiro atoms. The van der Waals surface area contributed by atoms with E-state index in [-0.39, 0.29) is 23.6 Å². The summed E-state index contributed by atoms with van der Waals surface area (Å²) in [5.74, 6) is -0.686. The summed E-state index contributed by atoms with van der Waals surface area (Å²) in [5, 5.41) is 2.87. The normalized spacial score (nSPS) is 11.0. The predicted molar refractivity (Wildman–Crippen MR) is 106 cm³/mol. The highest BCUT2D eigenvalue weighted by molar-refractivity contribution is 5.93. The minimum atomic E-state index is -4.49. The molecule has 1 heterocycles. The van der Waals surface area contributed by atoms with E-state index in [1.807, 2.05) is 0 Å². The zero-order valence-corrected chi connectivity index (χ0v) is 16.2. The molecule has 0 aliphatic carbocycles. The van der Waals surface area contributed by atoms with Gasteiger partial charge < -0.3 is 14.5 Å². The van der Waals surface area contributed by atoms with Gasteiger partial charge in [-0.2, -0.15) is 13.2 Å². The van der Waals surface area contributed by atoms with Gasteiger partial charge >= 0.3 is 12.1 Å². The molecule has 0 radical (unpaired) electrons. The van der Waals surface area contributed by atoms with Crippen molar-refractivity contribution in [3.8, 4) is 17.1 Å². The summed E-state index contributed by atoms with van der Waals surface area (Å²) in [6.07, 6.45) is -4.49. The molecule has 0 aliphatic rings. The van der Waals surface area contributed by atoms with E-state index >= 15 is 0 Å². The van der Waals surface area contributed by atoms with Crippen molar-refractivity contribution in [3.05, 3.63) is 72.0 Å². The van der Waals surface area contributed by atoms with E-state index in [0.717, 1.165) is 12.1 Å². The SMILES string of the molecule is COc1ccc(NCC(=O)NNC(=O)c2ccc(-c3cccc(C(F)(F)F)c3)o2)cc1. The summed E-state index contributed by atoms with van der Waals surface area (Å²) in [4.78, 5) is 24.0. The Hall–Kier alpha value is -3.95. The number of ether oxygens (including phenoxy) is 1. The Morgan fingerprint density at radius 3 is 2.42 bits per heavy atom. The number of benzene rings is 2. The maximum atomic E-state index is 12.9. The molecule has 3 N–H and O–H groups in total. The number of anilines is 1. The number of hydrazine groups is 1. The first kappa shape index (κ1) is 21.8. The summed E-state index contributed by atoms with van der Waals surface area (Å²) >= 11 is 0. The highest BCUT2D eigenvalue weighted by Gasteiger charge is 2.30. The van der Waals surface area contributed by atoms with E-state index in [4.69, 9.17) is 9.15 Å². The van der Waals surface area contributed by atoms with Crippen LogP contribution >= 0.6 is 0 Å². The van der Waals surface area contributed by atoms with Gasteiger partial charge in [0, 0.05) is 11.3 Å². The van der Waals surface area contributed by atoms with Gasteiger partial charge in [-0.3, -0.25) is 20.4 Å². The van der Waals surface area contributed by atoms with Crippen molar-refractivity contribution in [2.75, 3.05) is 19.0 Å². The Kier molecular flexibility index (Phi) is 6.49. The molecule has 3 aromatic rings. The summed E-state index contributed by atoms with van der Waals surface area (Å²) < 4.78 is 48.9. The minimum absolute atomic E-state index is 0.0868. The van der Waals surface area contributed by atoms with E-state index in [9.17, 15) is 22.8 Å².